The smallest absolute Gasteiger partial charge is 0.309 e. The van der Waals surface area contributed by atoms with Crippen molar-refractivity contribution in [3.8, 4) is 0 Å². The summed E-state index contributed by atoms with van der Waals surface area (Å²) >= 11 is 0. The number of hydrogen-bond acceptors (Lipinski definition) is 3. The van der Waals surface area contributed by atoms with E-state index < -0.39 is 16.1 Å². The first-order chi connectivity index (χ1) is 6.73. The molecule has 0 atom stereocenters. The first-order valence-electron chi connectivity index (χ1n) is 3.82. The van der Waals surface area contributed by atoms with E-state index in [1.807, 2.05) is 6.92 Å². The van der Waals surface area contributed by atoms with Gasteiger partial charge in [-0.2, -0.15) is 8.42 Å². The third kappa shape index (κ3) is 6.47. The van der Waals surface area contributed by atoms with Crippen LogP contribution in [0.25, 0.3) is 0 Å². The van der Waals surface area contributed by atoms with Gasteiger partial charge in [-0.15, -0.1) is 0 Å². The number of rotatable bonds is 1. The number of amides is 2. The molecule has 0 unspecified atom stereocenters. The largest absolute Gasteiger partial charge is 0.352 e. The van der Waals surface area contributed by atoms with Crippen molar-refractivity contribution in [1.82, 2.24) is 0 Å². The van der Waals surface area contributed by atoms with Crippen LogP contribution in [-0.2, 0) is 10.1 Å². The average Bonchev–Trinajstić information content (AvgIpc) is 2.01. The Morgan fingerprint density at radius 2 is 1.53 bits per heavy atom. The molecule has 2 amide bonds. The van der Waals surface area contributed by atoms with Crippen LogP contribution in [0, 0.1) is 6.92 Å². The van der Waals surface area contributed by atoms with Crippen LogP contribution in [0.3, 0.4) is 0 Å². The molecule has 0 fully saturated rings. The van der Waals surface area contributed by atoms with Gasteiger partial charge in [0.1, 0.15) is 0 Å². The maximum atomic E-state index is 10.5. The van der Waals surface area contributed by atoms with E-state index in [-0.39, 0.29) is 4.90 Å². The van der Waals surface area contributed by atoms with Crippen LogP contribution in [0.1, 0.15) is 5.56 Å². The van der Waals surface area contributed by atoms with Gasteiger partial charge in [-0.25, -0.2) is 4.79 Å². The highest BCUT2D eigenvalue weighted by atomic mass is 32.2. The Labute approximate surface area is 87.6 Å². The highest BCUT2D eigenvalue weighted by molar-refractivity contribution is 7.85. The molecule has 1 rings (SSSR count). The van der Waals surface area contributed by atoms with Crippen molar-refractivity contribution in [3.63, 3.8) is 0 Å². The highest BCUT2D eigenvalue weighted by Crippen LogP contribution is 2.08. The SMILES string of the molecule is Cc1ccc(S(=O)(=O)O)cc1.NC(N)=O. The summed E-state index contributed by atoms with van der Waals surface area (Å²) in [6, 6.07) is 5.15. The minimum absolute atomic E-state index is 0.0666. The van der Waals surface area contributed by atoms with Gasteiger partial charge in [0.05, 0.1) is 4.90 Å². The number of urea groups is 1. The Bertz CT molecular complexity index is 420. The summed E-state index contributed by atoms with van der Waals surface area (Å²) in [7, 11) is -4.02. The molecule has 0 aliphatic heterocycles. The van der Waals surface area contributed by atoms with Crippen LogP contribution in [0.15, 0.2) is 29.2 Å². The second kappa shape index (κ2) is 5.32. The van der Waals surface area contributed by atoms with Crippen molar-refractivity contribution in [1.29, 1.82) is 0 Å². The number of nitrogens with two attached hydrogens (primary N) is 2. The molecular formula is C8H12N2O4S. The molecule has 1 aromatic rings. The third-order valence-corrected chi connectivity index (χ3v) is 2.19. The Balaban J connectivity index is 0.000000423. The van der Waals surface area contributed by atoms with Gasteiger partial charge in [-0.05, 0) is 19.1 Å². The van der Waals surface area contributed by atoms with Crippen LogP contribution in [0.4, 0.5) is 4.79 Å². The number of primary amides is 2. The van der Waals surface area contributed by atoms with Crippen LogP contribution in [0.2, 0.25) is 0 Å². The molecule has 5 N–H and O–H groups in total. The lowest BCUT2D eigenvalue weighted by Crippen LogP contribution is -2.18. The highest BCUT2D eigenvalue weighted by Gasteiger charge is 2.06. The number of carbonyl (C=O) groups is 1. The second-order valence-electron chi connectivity index (χ2n) is 2.69. The zero-order chi connectivity index (χ0) is 12.1. The summed E-state index contributed by atoms with van der Waals surface area (Å²) in [5, 5.41) is 0. The van der Waals surface area contributed by atoms with Gasteiger partial charge in [-0.3, -0.25) is 4.55 Å². The summed E-state index contributed by atoms with van der Waals surface area (Å²) in [4.78, 5) is 8.93. The molecule has 0 aliphatic carbocycles. The van der Waals surface area contributed by atoms with Crippen molar-refractivity contribution >= 4 is 16.1 Å². The molecule has 0 saturated heterocycles. The van der Waals surface area contributed by atoms with Gasteiger partial charge < -0.3 is 11.5 Å². The molecule has 7 heteroatoms. The molecule has 0 heterocycles. The topological polar surface area (TPSA) is 123 Å². The molecule has 15 heavy (non-hydrogen) atoms. The molecular weight excluding hydrogens is 220 g/mol. The van der Waals surface area contributed by atoms with Crippen molar-refractivity contribution in [2.75, 3.05) is 0 Å². The molecule has 0 aromatic heterocycles. The fourth-order valence-corrected chi connectivity index (χ4v) is 1.19. The zero-order valence-corrected chi connectivity index (χ0v) is 8.86. The van der Waals surface area contributed by atoms with Crippen molar-refractivity contribution < 1.29 is 17.8 Å². The minimum atomic E-state index is -4.02. The summed E-state index contributed by atoms with van der Waals surface area (Å²) < 4.78 is 29.6. The zero-order valence-electron chi connectivity index (χ0n) is 8.04. The summed E-state index contributed by atoms with van der Waals surface area (Å²) in [6.45, 7) is 1.84. The monoisotopic (exact) mass is 232 g/mol. The Hall–Kier alpha value is -1.60. The quantitative estimate of drug-likeness (QED) is 0.601. The maximum absolute atomic E-state index is 10.5. The Morgan fingerprint density at radius 1 is 1.20 bits per heavy atom. The maximum Gasteiger partial charge on any atom is 0.309 e. The molecule has 0 radical (unpaired) electrons. The van der Waals surface area contributed by atoms with Gasteiger partial charge in [0.2, 0.25) is 0 Å². The average molecular weight is 232 g/mol. The van der Waals surface area contributed by atoms with Crippen LogP contribution in [0.5, 0.6) is 0 Å². The molecule has 0 aliphatic rings. The van der Waals surface area contributed by atoms with E-state index in [2.05, 4.69) is 11.5 Å². The number of aryl methyl sites for hydroxylation is 1. The summed E-state index contributed by atoms with van der Waals surface area (Å²) in [5.41, 5.74) is 9.46. The molecule has 0 saturated carbocycles. The predicted octanol–water partition coefficient (Wildman–Crippen LogP) is 0.266. The van der Waals surface area contributed by atoms with E-state index in [0.29, 0.717) is 0 Å². The van der Waals surface area contributed by atoms with E-state index in [4.69, 9.17) is 9.35 Å². The fourth-order valence-electron chi connectivity index (χ4n) is 0.710. The van der Waals surface area contributed by atoms with Crippen molar-refractivity contribution in [2.24, 2.45) is 11.5 Å². The van der Waals surface area contributed by atoms with E-state index in [1.54, 1.807) is 12.1 Å². The van der Waals surface area contributed by atoms with Crippen molar-refractivity contribution in [3.05, 3.63) is 29.8 Å². The lowest BCUT2D eigenvalue weighted by atomic mass is 10.2. The Morgan fingerprint density at radius 3 is 1.80 bits per heavy atom. The van der Waals surface area contributed by atoms with Gasteiger partial charge >= 0.3 is 6.03 Å². The first-order valence-corrected chi connectivity index (χ1v) is 5.26. The molecule has 0 spiro atoms. The van der Waals surface area contributed by atoms with Crippen LogP contribution in [-0.4, -0.2) is 19.0 Å². The van der Waals surface area contributed by atoms with Crippen LogP contribution < -0.4 is 11.5 Å². The van der Waals surface area contributed by atoms with Gasteiger partial charge in [0.15, 0.2) is 0 Å². The standard InChI is InChI=1S/C7H8O3S.CH4N2O/c1-6-2-4-7(5-3-6)11(8,9)10;2-1(3)4/h2-5H,1H3,(H,8,9,10);(H4,2,3,4). The van der Waals surface area contributed by atoms with E-state index in [1.165, 1.54) is 12.1 Å². The molecule has 84 valence electrons. The van der Waals surface area contributed by atoms with Crippen LogP contribution >= 0.6 is 0 Å². The predicted molar refractivity (Wildman–Crippen MR) is 54.8 cm³/mol. The Kier molecular flexibility index (Phi) is 4.75. The van der Waals surface area contributed by atoms with E-state index in [0.717, 1.165) is 5.56 Å². The molecule has 0 bridgehead atoms. The number of benzene rings is 1. The number of hydrogen-bond donors (Lipinski definition) is 3. The van der Waals surface area contributed by atoms with Gasteiger partial charge in [0, 0.05) is 0 Å². The normalized spacial score (nSPS) is 10.0. The lowest BCUT2D eigenvalue weighted by molar-refractivity contribution is 0.256. The minimum Gasteiger partial charge on any atom is -0.352 e. The lowest BCUT2D eigenvalue weighted by Gasteiger charge is -1.95. The fraction of sp³-hybridized carbons (Fsp3) is 0.125. The molecule has 1 aromatic carbocycles. The third-order valence-electron chi connectivity index (χ3n) is 1.32. The molecule has 6 nitrogen and oxygen atoms in total. The summed E-state index contributed by atoms with van der Waals surface area (Å²) in [6.07, 6.45) is 0. The second-order valence-corrected chi connectivity index (χ2v) is 4.11. The number of carbonyl (C=O) groups excluding carboxylic acids is 1. The van der Waals surface area contributed by atoms with Crippen molar-refractivity contribution in [2.45, 2.75) is 11.8 Å². The first kappa shape index (κ1) is 13.4. The summed E-state index contributed by atoms with van der Waals surface area (Å²) in [5.74, 6) is 0. The van der Waals surface area contributed by atoms with E-state index >= 15 is 0 Å². The van der Waals surface area contributed by atoms with Gasteiger partial charge in [-0.1, -0.05) is 17.7 Å². The van der Waals surface area contributed by atoms with Gasteiger partial charge in [0.25, 0.3) is 10.1 Å². The van der Waals surface area contributed by atoms with E-state index in [9.17, 15) is 8.42 Å².